The molecule has 3 N–H and O–H groups in total. The van der Waals surface area contributed by atoms with Crippen LogP contribution in [-0.2, 0) is 19.9 Å². The normalized spacial score (nSPS) is 12.2. The molecular formula is C10H13FN2O5S2. The fourth-order valence-corrected chi connectivity index (χ4v) is 2.42. The average Bonchev–Trinajstić information content (AvgIpc) is 2.26. The number of nitrogens with two attached hydrogens (primary N) is 1. The van der Waals surface area contributed by atoms with Crippen molar-refractivity contribution in [2.75, 3.05) is 18.6 Å². The SMILES string of the molecule is CS(=O)(=O)CCNC(=O)c1ccc(F)c(S(N)(=O)=O)c1. The topological polar surface area (TPSA) is 123 Å². The number of halogens is 1. The standard InChI is InChI=1S/C10H13FN2O5S2/c1-19(15,16)5-4-13-10(14)7-2-3-8(11)9(6-7)20(12,17)18/h2-3,6H,4-5H2,1H3,(H,13,14)(H2,12,17,18). The van der Waals surface area contributed by atoms with E-state index in [0.717, 1.165) is 24.5 Å². The van der Waals surface area contributed by atoms with E-state index in [4.69, 9.17) is 5.14 Å². The van der Waals surface area contributed by atoms with Crippen molar-refractivity contribution >= 4 is 25.8 Å². The Morgan fingerprint density at radius 3 is 2.40 bits per heavy atom. The van der Waals surface area contributed by atoms with Crippen LogP contribution in [0.5, 0.6) is 0 Å². The molecule has 0 saturated heterocycles. The Balaban J connectivity index is 2.90. The first kappa shape index (κ1) is 16.5. The van der Waals surface area contributed by atoms with Crippen LogP contribution in [0.1, 0.15) is 10.4 Å². The quantitative estimate of drug-likeness (QED) is 0.737. The summed E-state index contributed by atoms with van der Waals surface area (Å²) < 4.78 is 57.2. The molecule has 0 radical (unpaired) electrons. The molecule has 20 heavy (non-hydrogen) atoms. The van der Waals surface area contributed by atoms with Crippen LogP contribution in [0, 0.1) is 5.82 Å². The predicted molar refractivity (Wildman–Crippen MR) is 69.8 cm³/mol. The van der Waals surface area contributed by atoms with E-state index >= 15 is 0 Å². The summed E-state index contributed by atoms with van der Waals surface area (Å²) in [4.78, 5) is 10.9. The van der Waals surface area contributed by atoms with E-state index in [1.807, 2.05) is 0 Å². The molecule has 0 aliphatic carbocycles. The van der Waals surface area contributed by atoms with Crippen molar-refractivity contribution in [3.05, 3.63) is 29.6 Å². The van der Waals surface area contributed by atoms with Crippen LogP contribution in [-0.4, -0.2) is 41.3 Å². The van der Waals surface area contributed by atoms with Gasteiger partial charge >= 0.3 is 0 Å². The summed E-state index contributed by atoms with van der Waals surface area (Å²) in [7, 11) is -7.51. The number of sulfone groups is 1. The van der Waals surface area contributed by atoms with Crippen LogP contribution in [0.4, 0.5) is 4.39 Å². The molecule has 0 atom stereocenters. The summed E-state index contributed by atoms with van der Waals surface area (Å²) in [6.07, 6.45) is 1.01. The Morgan fingerprint density at radius 1 is 1.30 bits per heavy atom. The van der Waals surface area contributed by atoms with E-state index in [9.17, 15) is 26.0 Å². The van der Waals surface area contributed by atoms with E-state index in [1.54, 1.807) is 0 Å². The van der Waals surface area contributed by atoms with Gasteiger partial charge in [0.15, 0.2) is 0 Å². The van der Waals surface area contributed by atoms with Crippen LogP contribution in [0.2, 0.25) is 0 Å². The van der Waals surface area contributed by atoms with Gasteiger partial charge in [0, 0.05) is 18.4 Å². The van der Waals surface area contributed by atoms with E-state index in [2.05, 4.69) is 5.32 Å². The molecule has 0 unspecified atom stereocenters. The van der Waals surface area contributed by atoms with Gasteiger partial charge < -0.3 is 5.32 Å². The van der Waals surface area contributed by atoms with Gasteiger partial charge in [-0.05, 0) is 18.2 Å². The third-order valence-corrected chi connectivity index (χ3v) is 4.13. The molecule has 10 heteroatoms. The van der Waals surface area contributed by atoms with Gasteiger partial charge in [-0.1, -0.05) is 0 Å². The molecule has 0 spiro atoms. The molecule has 0 aliphatic heterocycles. The van der Waals surface area contributed by atoms with E-state index < -0.39 is 36.5 Å². The molecule has 0 aliphatic rings. The number of hydrogen-bond acceptors (Lipinski definition) is 5. The molecule has 0 heterocycles. The molecule has 1 amide bonds. The fraction of sp³-hybridized carbons (Fsp3) is 0.300. The zero-order chi connectivity index (χ0) is 15.6. The van der Waals surface area contributed by atoms with Gasteiger partial charge in [-0.15, -0.1) is 0 Å². The zero-order valence-electron chi connectivity index (χ0n) is 10.5. The lowest BCUT2D eigenvalue weighted by Crippen LogP contribution is -2.29. The van der Waals surface area contributed by atoms with E-state index in [-0.39, 0.29) is 17.9 Å². The van der Waals surface area contributed by atoms with Gasteiger partial charge in [0.05, 0.1) is 5.75 Å². The van der Waals surface area contributed by atoms with Gasteiger partial charge in [-0.25, -0.2) is 26.4 Å². The molecule has 112 valence electrons. The number of carbonyl (C=O) groups is 1. The minimum Gasteiger partial charge on any atom is -0.351 e. The first-order valence-electron chi connectivity index (χ1n) is 5.29. The minimum atomic E-state index is -4.28. The highest BCUT2D eigenvalue weighted by molar-refractivity contribution is 7.90. The van der Waals surface area contributed by atoms with Crippen LogP contribution in [0.15, 0.2) is 23.1 Å². The molecule has 0 saturated carbocycles. The maximum Gasteiger partial charge on any atom is 0.251 e. The Bertz CT molecular complexity index is 728. The highest BCUT2D eigenvalue weighted by atomic mass is 32.2. The van der Waals surface area contributed by atoms with Crippen LogP contribution in [0.3, 0.4) is 0 Å². The molecule has 1 aromatic carbocycles. The van der Waals surface area contributed by atoms with Crippen LogP contribution < -0.4 is 10.5 Å². The fourth-order valence-electron chi connectivity index (χ4n) is 1.31. The van der Waals surface area contributed by atoms with Crippen molar-refractivity contribution in [2.24, 2.45) is 5.14 Å². The number of hydrogen-bond donors (Lipinski definition) is 2. The van der Waals surface area contributed by atoms with Crippen molar-refractivity contribution < 1.29 is 26.0 Å². The maximum atomic E-state index is 13.3. The van der Waals surface area contributed by atoms with Gasteiger partial charge in [0.2, 0.25) is 10.0 Å². The summed E-state index contributed by atoms with van der Waals surface area (Å²) in [5, 5.41) is 7.08. The summed E-state index contributed by atoms with van der Waals surface area (Å²) in [6, 6.07) is 2.66. The Hall–Kier alpha value is -1.52. The first-order chi connectivity index (χ1) is 9.00. The zero-order valence-corrected chi connectivity index (χ0v) is 12.1. The molecule has 0 bridgehead atoms. The van der Waals surface area contributed by atoms with Crippen molar-refractivity contribution in [1.29, 1.82) is 0 Å². The number of amides is 1. The molecular weight excluding hydrogens is 311 g/mol. The maximum absolute atomic E-state index is 13.3. The third kappa shape index (κ3) is 4.87. The highest BCUT2D eigenvalue weighted by Crippen LogP contribution is 2.14. The van der Waals surface area contributed by atoms with Crippen molar-refractivity contribution in [2.45, 2.75) is 4.90 Å². The van der Waals surface area contributed by atoms with E-state index in [1.165, 1.54) is 0 Å². The predicted octanol–water partition coefficient (Wildman–Crippen LogP) is -0.752. The lowest BCUT2D eigenvalue weighted by Gasteiger charge is -2.06. The summed E-state index contributed by atoms with van der Waals surface area (Å²) >= 11 is 0. The first-order valence-corrected chi connectivity index (χ1v) is 8.89. The number of benzene rings is 1. The second-order valence-electron chi connectivity index (χ2n) is 4.08. The number of primary sulfonamides is 1. The average molecular weight is 324 g/mol. The van der Waals surface area contributed by atoms with Crippen molar-refractivity contribution in [3.8, 4) is 0 Å². The van der Waals surface area contributed by atoms with Crippen molar-refractivity contribution in [1.82, 2.24) is 5.32 Å². The Kier molecular flexibility index (Phi) is 4.84. The number of nitrogens with one attached hydrogen (secondary N) is 1. The second kappa shape index (κ2) is 5.85. The van der Waals surface area contributed by atoms with Gasteiger partial charge in [-0.3, -0.25) is 4.79 Å². The van der Waals surface area contributed by atoms with Gasteiger partial charge in [0.25, 0.3) is 5.91 Å². The van der Waals surface area contributed by atoms with Crippen molar-refractivity contribution in [3.63, 3.8) is 0 Å². The molecule has 1 rings (SSSR count). The molecule has 7 nitrogen and oxygen atoms in total. The second-order valence-corrected chi connectivity index (χ2v) is 7.87. The number of rotatable bonds is 5. The lowest BCUT2D eigenvalue weighted by molar-refractivity contribution is 0.0956. The molecule has 0 aromatic heterocycles. The Morgan fingerprint density at radius 2 is 1.90 bits per heavy atom. The summed E-state index contributed by atoms with van der Waals surface area (Å²) in [6.45, 7) is -0.139. The third-order valence-electron chi connectivity index (χ3n) is 2.26. The number of sulfonamides is 1. The van der Waals surface area contributed by atoms with Gasteiger partial charge in [-0.2, -0.15) is 0 Å². The summed E-state index contributed by atoms with van der Waals surface area (Å²) in [5.74, 6) is -2.05. The lowest BCUT2D eigenvalue weighted by atomic mass is 10.2. The Labute approximate surface area is 115 Å². The van der Waals surface area contributed by atoms with Gasteiger partial charge in [0.1, 0.15) is 20.5 Å². The summed E-state index contributed by atoms with van der Waals surface area (Å²) in [5.41, 5.74) is -0.135. The van der Waals surface area contributed by atoms with Crippen LogP contribution >= 0.6 is 0 Å². The molecule has 1 aromatic rings. The van der Waals surface area contributed by atoms with E-state index in [0.29, 0.717) is 0 Å². The largest absolute Gasteiger partial charge is 0.351 e. The monoisotopic (exact) mass is 324 g/mol. The van der Waals surface area contributed by atoms with Crippen LogP contribution in [0.25, 0.3) is 0 Å². The minimum absolute atomic E-state index is 0.135. The smallest absolute Gasteiger partial charge is 0.251 e. The number of carbonyl (C=O) groups excluding carboxylic acids is 1. The highest BCUT2D eigenvalue weighted by Gasteiger charge is 2.17. The molecule has 0 fully saturated rings.